The van der Waals surface area contributed by atoms with Gasteiger partial charge in [0, 0.05) is 6.54 Å². The first-order valence-electron chi connectivity index (χ1n) is 5.85. The van der Waals surface area contributed by atoms with E-state index >= 15 is 0 Å². The van der Waals surface area contributed by atoms with Crippen LogP contribution in [0.2, 0.25) is 0 Å². The molecule has 2 heteroatoms. The van der Waals surface area contributed by atoms with Crippen LogP contribution >= 0.6 is 0 Å². The van der Waals surface area contributed by atoms with Crippen LogP contribution in [0.5, 0.6) is 0 Å². The van der Waals surface area contributed by atoms with E-state index < -0.39 is 0 Å². The first kappa shape index (κ1) is 9.98. The standard InChI is InChI=1S/C12H20N2/c1-12(10-13)5-7-14(8-6-12)9-11-3-2-4-11/h11H,2-9H2,1H3. The van der Waals surface area contributed by atoms with Gasteiger partial charge in [0.2, 0.25) is 0 Å². The van der Waals surface area contributed by atoms with Crippen molar-refractivity contribution in [3.63, 3.8) is 0 Å². The summed E-state index contributed by atoms with van der Waals surface area (Å²) < 4.78 is 0. The molecule has 0 unspecified atom stereocenters. The number of nitriles is 1. The molecule has 0 aromatic carbocycles. The van der Waals surface area contributed by atoms with Crippen LogP contribution in [-0.2, 0) is 0 Å². The quantitative estimate of drug-likeness (QED) is 0.672. The Morgan fingerprint density at radius 3 is 2.43 bits per heavy atom. The predicted octanol–water partition coefficient (Wildman–Crippen LogP) is 2.41. The van der Waals surface area contributed by atoms with Gasteiger partial charge in [-0.15, -0.1) is 0 Å². The molecule has 0 amide bonds. The van der Waals surface area contributed by atoms with Crippen LogP contribution in [0.15, 0.2) is 0 Å². The van der Waals surface area contributed by atoms with Crippen LogP contribution in [-0.4, -0.2) is 24.5 Å². The molecule has 2 nitrogen and oxygen atoms in total. The molecule has 2 aliphatic rings. The highest BCUT2D eigenvalue weighted by atomic mass is 15.1. The molecule has 1 aliphatic carbocycles. The monoisotopic (exact) mass is 192 g/mol. The van der Waals surface area contributed by atoms with E-state index in [2.05, 4.69) is 17.9 Å². The Hall–Kier alpha value is -0.550. The van der Waals surface area contributed by atoms with Gasteiger partial charge in [0.15, 0.2) is 0 Å². The number of hydrogen-bond donors (Lipinski definition) is 0. The average molecular weight is 192 g/mol. The molecule has 0 N–H and O–H groups in total. The molecular weight excluding hydrogens is 172 g/mol. The highest BCUT2D eigenvalue weighted by molar-refractivity contribution is 4.98. The van der Waals surface area contributed by atoms with E-state index in [1.165, 1.54) is 25.8 Å². The highest BCUT2D eigenvalue weighted by Gasteiger charge is 2.31. The molecule has 0 radical (unpaired) electrons. The maximum absolute atomic E-state index is 9.01. The van der Waals surface area contributed by atoms with E-state index in [1.54, 1.807) is 0 Å². The van der Waals surface area contributed by atoms with Crippen molar-refractivity contribution in [2.75, 3.05) is 19.6 Å². The summed E-state index contributed by atoms with van der Waals surface area (Å²) >= 11 is 0. The Kier molecular flexibility index (Phi) is 2.78. The molecule has 78 valence electrons. The normalized spacial score (nSPS) is 28.0. The number of likely N-dealkylation sites (tertiary alicyclic amines) is 1. The third kappa shape index (κ3) is 2.09. The molecule has 0 aromatic rings. The molecule has 0 bridgehead atoms. The molecule has 2 rings (SSSR count). The van der Waals surface area contributed by atoms with E-state index in [4.69, 9.17) is 5.26 Å². The zero-order valence-corrected chi connectivity index (χ0v) is 9.13. The Labute approximate surface area is 86.9 Å². The zero-order chi connectivity index (χ0) is 10.0. The van der Waals surface area contributed by atoms with E-state index in [9.17, 15) is 0 Å². The lowest BCUT2D eigenvalue weighted by Crippen LogP contribution is -2.41. The minimum absolute atomic E-state index is 0.0316. The fraction of sp³-hybridized carbons (Fsp3) is 0.917. The Bertz CT molecular complexity index is 229. The van der Waals surface area contributed by atoms with Crippen molar-refractivity contribution >= 4 is 0 Å². The van der Waals surface area contributed by atoms with Crippen LogP contribution in [0.1, 0.15) is 39.0 Å². The summed E-state index contributed by atoms with van der Waals surface area (Å²) in [6, 6.07) is 2.46. The number of hydrogen-bond acceptors (Lipinski definition) is 2. The smallest absolute Gasteiger partial charge is 0.0687 e. The number of rotatable bonds is 2. The number of nitrogens with zero attached hydrogens (tertiary/aromatic N) is 2. The molecule has 0 spiro atoms. The van der Waals surface area contributed by atoms with Gasteiger partial charge in [-0.25, -0.2) is 0 Å². The SMILES string of the molecule is CC1(C#N)CCN(CC2CCC2)CC1. The van der Waals surface area contributed by atoms with E-state index in [0.29, 0.717) is 0 Å². The molecule has 0 atom stereocenters. The molecule has 1 aliphatic heterocycles. The summed E-state index contributed by atoms with van der Waals surface area (Å²) in [5.74, 6) is 0.974. The second-order valence-corrected chi connectivity index (χ2v) is 5.27. The fourth-order valence-electron chi connectivity index (χ4n) is 2.38. The van der Waals surface area contributed by atoms with Gasteiger partial charge >= 0.3 is 0 Å². The molecule has 1 saturated carbocycles. The van der Waals surface area contributed by atoms with Crippen molar-refractivity contribution in [3.8, 4) is 6.07 Å². The zero-order valence-electron chi connectivity index (χ0n) is 9.13. The number of piperidine rings is 1. The second-order valence-electron chi connectivity index (χ2n) is 5.27. The predicted molar refractivity (Wildman–Crippen MR) is 56.7 cm³/mol. The van der Waals surface area contributed by atoms with Crippen molar-refractivity contribution in [2.45, 2.75) is 39.0 Å². The maximum atomic E-state index is 9.01. The third-order valence-corrected chi connectivity index (χ3v) is 3.97. The summed E-state index contributed by atoms with van der Waals surface area (Å²) in [6.45, 7) is 5.68. The molecule has 14 heavy (non-hydrogen) atoms. The van der Waals surface area contributed by atoms with E-state index in [1.807, 2.05) is 0 Å². The lowest BCUT2D eigenvalue weighted by molar-refractivity contribution is 0.115. The van der Waals surface area contributed by atoms with Crippen LogP contribution in [0.3, 0.4) is 0 Å². The van der Waals surface area contributed by atoms with Gasteiger partial charge in [0.25, 0.3) is 0 Å². The molecule has 0 aromatic heterocycles. The van der Waals surface area contributed by atoms with Gasteiger partial charge in [-0.05, 0) is 51.6 Å². The summed E-state index contributed by atoms with van der Waals surface area (Å²) in [5.41, 5.74) is -0.0316. The average Bonchev–Trinajstić information content (AvgIpc) is 2.14. The molecule has 1 heterocycles. The second kappa shape index (κ2) is 3.90. The topological polar surface area (TPSA) is 27.0 Å². The summed E-state index contributed by atoms with van der Waals surface area (Å²) in [5, 5.41) is 9.01. The Morgan fingerprint density at radius 2 is 2.00 bits per heavy atom. The van der Waals surface area contributed by atoms with Gasteiger partial charge in [-0.1, -0.05) is 6.42 Å². The van der Waals surface area contributed by atoms with Crippen molar-refractivity contribution in [2.24, 2.45) is 11.3 Å². The van der Waals surface area contributed by atoms with Crippen molar-refractivity contribution in [1.29, 1.82) is 5.26 Å². The lowest BCUT2D eigenvalue weighted by Gasteiger charge is -2.38. The minimum Gasteiger partial charge on any atom is -0.303 e. The summed E-state index contributed by atoms with van der Waals surface area (Å²) in [4.78, 5) is 2.56. The van der Waals surface area contributed by atoms with E-state index in [-0.39, 0.29) is 5.41 Å². The first-order chi connectivity index (χ1) is 6.72. The van der Waals surface area contributed by atoms with Gasteiger partial charge in [-0.2, -0.15) is 5.26 Å². The van der Waals surface area contributed by atoms with Gasteiger partial charge in [0.05, 0.1) is 11.5 Å². The molecule has 1 saturated heterocycles. The summed E-state index contributed by atoms with van der Waals surface area (Å²) in [6.07, 6.45) is 6.44. The Morgan fingerprint density at radius 1 is 1.36 bits per heavy atom. The van der Waals surface area contributed by atoms with Crippen LogP contribution in [0.25, 0.3) is 0 Å². The van der Waals surface area contributed by atoms with Crippen molar-refractivity contribution in [1.82, 2.24) is 4.90 Å². The Balaban J connectivity index is 1.75. The van der Waals surface area contributed by atoms with Crippen LogP contribution in [0, 0.1) is 22.7 Å². The van der Waals surface area contributed by atoms with Gasteiger partial charge in [0.1, 0.15) is 0 Å². The highest BCUT2D eigenvalue weighted by Crippen LogP contribution is 2.32. The van der Waals surface area contributed by atoms with Gasteiger partial charge in [-0.3, -0.25) is 0 Å². The third-order valence-electron chi connectivity index (χ3n) is 3.97. The van der Waals surface area contributed by atoms with E-state index in [0.717, 1.165) is 31.8 Å². The van der Waals surface area contributed by atoms with Crippen LogP contribution in [0.4, 0.5) is 0 Å². The minimum atomic E-state index is -0.0316. The maximum Gasteiger partial charge on any atom is 0.0687 e. The van der Waals surface area contributed by atoms with Crippen molar-refractivity contribution < 1.29 is 0 Å². The molecular formula is C12H20N2. The first-order valence-corrected chi connectivity index (χ1v) is 5.85. The van der Waals surface area contributed by atoms with Gasteiger partial charge < -0.3 is 4.90 Å². The molecule has 2 fully saturated rings. The largest absolute Gasteiger partial charge is 0.303 e. The van der Waals surface area contributed by atoms with Crippen molar-refractivity contribution in [3.05, 3.63) is 0 Å². The van der Waals surface area contributed by atoms with Crippen LogP contribution < -0.4 is 0 Å². The summed E-state index contributed by atoms with van der Waals surface area (Å²) in [7, 11) is 0. The fourth-order valence-corrected chi connectivity index (χ4v) is 2.38. The lowest BCUT2D eigenvalue weighted by atomic mass is 9.80.